The number of carbonyl (C=O) groups excluding carboxylic acids is 4. The Kier molecular flexibility index (Phi) is 18.0. The van der Waals surface area contributed by atoms with Crippen molar-refractivity contribution in [2.75, 3.05) is 46.9 Å². The van der Waals surface area contributed by atoms with Crippen LogP contribution in [-0.4, -0.2) is 87.6 Å². The lowest BCUT2D eigenvalue weighted by Crippen LogP contribution is -2.47. The van der Waals surface area contributed by atoms with Crippen LogP contribution in [0.25, 0.3) is 0 Å². The average Bonchev–Trinajstić information content (AvgIpc) is 3.31. The number of nitrogens with zero attached hydrogens (tertiary/aromatic N) is 1. The van der Waals surface area contributed by atoms with E-state index in [1.165, 1.54) is 12.8 Å². The summed E-state index contributed by atoms with van der Waals surface area (Å²) in [6.45, 7) is 9.09. The van der Waals surface area contributed by atoms with Gasteiger partial charge < -0.3 is 41.0 Å². The summed E-state index contributed by atoms with van der Waals surface area (Å²) in [4.78, 5) is 54.2. The summed E-state index contributed by atoms with van der Waals surface area (Å²) in [7, 11) is 3.16. The number of hydrogen-bond acceptors (Lipinski definition) is 8. The normalized spacial score (nSPS) is 15.7. The fourth-order valence-electron chi connectivity index (χ4n) is 7.73. The highest BCUT2D eigenvalue weighted by Crippen LogP contribution is 2.22. The molecule has 0 unspecified atom stereocenters. The zero-order chi connectivity index (χ0) is 42.7. The van der Waals surface area contributed by atoms with Crippen LogP contribution in [0.1, 0.15) is 96.3 Å². The molecule has 4 amide bonds. The van der Waals surface area contributed by atoms with Gasteiger partial charge in [0.1, 0.15) is 23.6 Å². The Morgan fingerprint density at radius 1 is 0.633 bits per heavy atom. The number of rotatable bonds is 16. The van der Waals surface area contributed by atoms with E-state index in [1.807, 2.05) is 60.7 Å². The molecule has 0 saturated carbocycles. The Labute approximate surface area is 355 Å². The second kappa shape index (κ2) is 23.8. The Hall–Kier alpha value is -5.72. The van der Waals surface area contributed by atoms with Crippen molar-refractivity contribution in [2.24, 2.45) is 5.92 Å². The van der Waals surface area contributed by atoms with E-state index >= 15 is 0 Å². The Balaban J connectivity index is 0.000000232. The molecule has 60 heavy (non-hydrogen) atoms. The smallest absolute Gasteiger partial charge is 0.252 e. The summed E-state index contributed by atoms with van der Waals surface area (Å²) in [5.41, 5.74) is 2.48. The number of benzene rings is 4. The number of nitrogens with one attached hydrogen (secondary N) is 5. The van der Waals surface area contributed by atoms with Gasteiger partial charge in [0.25, 0.3) is 11.8 Å². The first-order valence-electron chi connectivity index (χ1n) is 21.2. The van der Waals surface area contributed by atoms with E-state index < -0.39 is 12.1 Å². The van der Waals surface area contributed by atoms with E-state index in [2.05, 4.69) is 45.3 Å². The Bertz CT molecular complexity index is 1910. The van der Waals surface area contributed by atoms with Crippen LogP contribution in [0.2, 0.25) is 0 Å². The van der Waals surface area contributed by atoms with Gasteiger partial charge in [-0.3, -0.25) is 19.2 Å². The molecule has 2 atom stereocenters. The van der Waals surface area contributed by atoms with Crippen LogP contribution in [0.3, 0.4) is 0 Å². The molecule has 6 rings (SSSR count). The lowest BCUT2D eigenvalue weighted by molar-refractivity contribution is -0.124. The molecule has 0 aliphatic carbocycles. The molecule has 0 spiro atoms. The van der Waals surface area contributed by atoms with Gasteiger partial charge in [0, 0.05) is 29.8 Å². The van der Waals surface area contributed by atoms with Crippen LogP contribution < -0.4 is 36.1 Å². The quantitative estimate of drug-likeness (QED) is 0.0896. The molecule has 2 aliphatic heterocycles. The van der Waals surface area contributed by atoms with E-state index in [9.17, 15) is 19.2 Å². The minimum absolute atomic E-state index is 0.128. The van der Waals surface area contributed by atoms with Crippen LogP contribution >= 0.6 is 0 Å². The molecule has 4 aromatic carbocycles. The first-order chi connectivity index (χ1) is 29.2. The molecule has 2 aliphatic rings. The third-order valence-corrected chi connectivity index (χ3v) is 11.4. The second-order valence-corrected chi connectivity index (χ2v) is 15.3. The predicted octanol–water partition coefficient (Wildman–Crippen LogP) is 6.22. The molecule has 4 aromatic rings. The van der Waals surface area contributed by atoms with Crippen molar-refractivity contribution in [2.45, 2.75) is 76.5 Å². The molecular weight excluding hydrogens is 757 g/mol. The zero-order valence-electron chi connectivity index (χ0n) is 35.5. The zero-order valence-corrected chi connectivity index (χ0v) is 35.5. The topological polar surface area (TPSA) is 150 Å². The molecule has 2 fully saturated rings. The van der Waals surface area contributed by atoms with Gasteiger partial charge in [-0.2, -0.15) is 0 Å². The highest BCUT2D eigenvalue weighted by Gasteiger charge is 2.28. The highest BCUT2D eigenvalue weighted by atomic mass is 16.5. The van der Waals surface area contributed by atoms with Crippen molar-refractivity contribution in [1.29, 1.82) is 0 Å². The van der Waals surface area contributed by atoms with Gasteiger partial charge in [-0.25, -0.2) is 0 Å². The molecule has 0 aromatic heterocycles. The van der Waals surface area contributed by atoms with Crippen molar-refractivity contribution in [3.63, 3.8) is 0 Å². The van der Waals surface area contributed by atoms with Crippen LogP contribution in [0.5, 0.6) is 11.5 Å². The average molecular weight is 819 g/mol. The summed E-state index contributed by atoms with van der Waals surface area (Å²) in [5, 5.41) is 15.2. The van der Waals surface area contributed by atoms with E-state index in [1.54, 1.807) is 62.8 Å². The summed E-state index contributed by atoms with van der Waals surface area (Å²) < 4.78 is 10.3. The number of piperidine rings is 2. The van der Waals surface area contributed by atoms with Gasteiger partial charge in [0.15, 0.2) is 0 Å². The fraction of sp³-hybridized carbons (Fsp3) is 0.417. The lowest BCUT2D eigenvalue weighted by Gasteiger charge is -2.37. The van der Waals surface area contributed by atoms with Gasteiger partial charge in [-0.1, -0.05) is 74.5 Å². The van der Waals surface area contributed by atoms with Crippen LogP contribution in [0.4, 0.5) is 0 Å². The summed E-state index contributed by atoms with van der Waals surface area (Å²) >= 11 is 0. The molecule has 12 nitrogen and oxygen atoms in total. The fourth-order valence-corrected chi connectivity index (χ4v) is 7.73. The SMILES string of the molecule is CCC(CC)N1CCC(CNC(=O)[C@H](NC(=O)c2ccc(OC)cc2)c2ccccc2)CC1.COc1ccc(C(=O)N[C@@H](C(=O)NC2CCNCC2)c2ccccc2)cc1. The number of likely N-dealkylation sites (tertiary alicyclic amines) is 1. The maximum Gasteiger partial charge on any atom is 0.252 e. The summed E-state index contributed by atoms with van der Waals surface area (Å²) in [5.74, 6) is 0.870. The van der Waals surface area contributed by atoms with Crippen LogP contribution in [0.15, 0.2) is 109 Å². The van der Waals surface area contributed by atoms with Crippen molar-refractivity contribution in [3.05, 3.63) is 131 Å². The maximum absolute atomic E-state index is 13.2. The van der Waals surface area contributed by atoms with Crippen molar-refractivity contribution >= 4 is 23.6 Å². The molecule has 0 radical (unpaired) electrons. The minimum atomic E-state index is -0.745. The number of methoxy groups -OCH3 is 2. The Morgan fingerprint density at radius 2 is 1.08 bits per heavy atom. The molecule has 0 bridgehead atoms. The van der Waals surface area contributed by atoms with Gasteiger partial charge >= 0.3 is 0 Å². The van der Waals surface area contributed by atoms with E-state index in [-0.39, 0.29) is 29.7 Å². The highest BCUT2D eigenvalue weighted by molar-refractivity contribution is 5.98. The van der Waals surface area contributed by atoms with Crippen LogP contribution in [-0.2, 0) is 9.59 Å². The van der Waals surface area contributed by atoms with E-state index in [0.717, 1.165) is 63.0 Å². The standard InChI is InChI=1S/C27H37N3O3.C21H25N3O3/c1-4-23(5-2)30-17-15-20(16-18-30)19-28-27(32)25(21-9-7-6-8-10-21)29-26(31)22-11-13-24(33-3)14-12-22;1-27-18-9-7-16(8-10-18)20(25)24-19(15-5-3-2-4-6-15)21(26)23-17-11-13-22-14-12-17/h6-14,20,23,25H,4-5,15-19H2,1-3H3,(H,28,32)(H,29,31);2-10,17,19,22H,11-14H2,1H3,(H,23,26)(H,24,25)/t25-;19-/m11/s1. The van der Waals surface area contributed by atoms with Gasteiger partial charge in [-0.05, 0) is 130 Å². The van der Waals surface area contributed by atoms with E-state index in [0.29, 0.717) is 41.1 Å². The van der Waals surface area contributed by atoms with Gasteiger partial charge in [0.05, 0.1) is 14.2 Å². The van der Waals surface area contributed by atoms with E-state index in [4.69, 9.17) is 9.47 Å². The number of carbonyl (C=O) groups is 4. The van der Waals surface area contributed by atoms with Crippen LogP contribution in [0, 0.1) is 5.92 Å². The largest absolute Gasteiger partial charge is 0.497 e. The lowest BCUT2D eigenvalue weighted by atomic mass is 9.94. The van der Waals surface area contributed by atoms with Gasteiger partial charge in [-0.15, -0.1) is 0 Å². The maximum atomic E-state index is 13.2. The summed E-state index contributed by atoms with van der Waals surface area (Å²) in [6, 6.07) is 31.7. The molecule has 2 saturated heterocycles. The van der Waals surface area contributed by atoms with Crippen molar-refractivity contribution in [3.8, 4) is 11.5 Å². The Morgan fingerprint density at radius 3 is 1.52 bits per heavy atom. The molecule has 12 heteroatoms. The third kappa shape index (κ3) is 13.4. The monoisotopic (exact) mass is 818 g/mol. The number of hydrogen-bond donors (Lipinski definition) is 5. The molecule has 5 N–H and O–H groups in total. The minimum Gasteiger partial charge on any atom is -0.497 e. The number of ether oxygens (including phenoxy) is 2. The van der Waals surface area contributed by atoms with Gasteiger partial charge in [0.2, 0.25) is 11.8 Å². The first kappa shape index (κ1) is 45.4. The first-order valence-corrected chi connectivity index (χ1v) is 21.2. The molecular formula is C48H62N6O6. The molecule has 320 valence electrons. The van der Waals surface area contributed by atoms with Crippen molar-refractivity contribution < 1.29 is 28.7 Å². The molecule has 2 heterocycles. The third-order valence-electron chi connectivity index (χ3n) is 11.4. The second-order valence-electron chi connectivity index (χ2n) is 15.3. The predicted molar refractivity (Wildman–Crippen MR) is 235 cm³/mol. The van der Waals surface area contributed by atoms with Crippen molar-refractivity contribution in [1.82, 2.24) is 31.5 Å². The number of amides is 4. The summed E-state index contributed by atoms with van der Waals surface area (Å²) in [6.07, 6.45) is 6.32.